The van der Waals surface area contributed by atoms with Crippen molar-refractivity contribution in [2.75, 3.05) is 17.2 Å². The fourth-order valence-corrected chi connectivity index (χ4v) is 4.00. The molecule has 0 heterocycles. The van der Waals surface area contributed by atoms with Crippen molar-refractivity contribution in [3.05, 3.63) is 58.1 Å². The van der Waals surface area contributed by atoms with Gasteiger partial charge in [0.05, 0.1) is 34.8 Å². The molecule has 0 spiro atoms. The van der Waals surface area contributed by atoms with Crippen LogP contribution in [0, 0.1) is 0 Å². The van der Waals surface area contributed by atoms with Gasteiger partial charge in [-0.2, -0.15) is 5.10 Å². The second kappa shape index (κ2) is 9.96. The monoisotopic (exact) mass is 457 g/mol. The Morgan fingerprint density at radius 2 is 1.86 bits per heavy atom. The maximum atomic E-state index is 12.5. The Hall–Kier alpha value is -2.29. The molecule has 0 aliphatic carbocycles. The third kappa shape index (κ3) is 6.35. The van der Waals surface area contributed by atoms with Crippen LogP contribution in [0.25, 0.3) is 0 Å². The van der Waals surface area contributed by atoms with Gasteiger partial charge in [-0.25, -0.2) is 13.8 Å². The Bertz CT molecular complexity index is 995. The fraction of sp³-hybridized carbons (Fsp3) is 0.263. The SMILES string of the molecule is CCOc1ccc(N([C@@H](C)C(=O)N/N=C\c2ccc(Cl)c(Cl)c2)S(C)(=O)=O)cc1. The van der Waals surface area contributed by atoms with Crippen molar-refractivity contribution in [2.24, 2.45) is 5.10 Å². The highest BCUT2D eigenvalue weighted by Crippen LogP contribution is 2.24. The molecule has 0 aliphatic heterocycles. The van der Waals surface area contributed by atoms with Crippen LogP contribution in [0.4, 0.5) is 5.69 Å². The Morgan fingerprint density at radius 1 is 1.21 bits per heavy atom. The molecule has 0 saturated heterocycles. The molecule has 156 valence electrons. The van der Waals surface area contributed by atoms with Gasteiger partial charge in [-0.1, -0.05) is 29.3 Å². The number of anilines is 1. The van der Waals surface area contributed by atoms with Gasteiger partial charge in [0, 0.05) is 0 Å². The van der Waals surface area contributed by atoms with Gasteiger partial charge in [0.15, 0.2) is 0 Å². The lowest BCUT2D eigenvalue weighted by Crippen LogP contribution is -2.46. The molecule has 0 aromatic heterocycles. The number of hydrogen-bond donors (Lipinski definition) is 1. The maximum absolute atomic E-state index is 12.5. The number of carbonyl (C=O) groups excluding carboxylic acids is 1. The average molecular weight is 458 g/mol. The molecule has 7 nitrogen and oxygen atoms in total. The van der Waals surface area contributed by atoms with Gasteiger partial charge in [-0.05, 0) is 55.8 Å². The van der Waals surface area contributed by atoms with E-state index in [0.29, 0.717) is 33.7 Å². The van der Waals surface area contributed by atoms with E-state index in [1.165, 1.54) is 13.1 Å². The zero-order chi connectivity index (χ0) is 21.6. The second-order valence-corrected chi connectivity index (χ2v) is 8.74. The van der Waals surface area contributed by atoms with E-state index in [9.17, 15) is 13.2 Å². The molecule has 1 N–H and O–H groups in total. The maximum Gasteiger partial charge on any atom is 0.263 e. The van der Waals surface area contributed by atoms with E-state index < -0.39 is 22.0 Å². The van der Waals surface area contributed by atoms with Gasteiger partial charge >= 0.3 is 0 Å². The number of benzene rings is 2. The number of halogens is 2. The van der Waals surface area contributed by atoms with Crippen LogP contribution in [0.3, 0.4) is 0 Å². The summed E-state index contributed by atoms with van der Waals surface area (Å²) in [5.41, 5.74) is 3.31. The number of nitrogens with one attached hydrogen (secondary N) is 1. The minimum Gasteiger partial charge on any atom is -0.494 e. The molecule has 2 aromatic rings. The summed E-state index contributed by atoms with van der Waals surface area (Å²) < 4.78 is 31.0. The highest BCUT2D eigenvalue weighted by Gasteiger charge is 2.29. The van der Waals surface area contributed by atoms with Crippen LogP contribution in [0.2, 0.25) is 10.0 Å². The van der Waals surface area contributed by atoms with Crippen molar-refractivity contribution in [3.63, 3.8) is 0 Å². The highest BCUT2D eigenvalue weighted by atomic mass is 35.5. The Morgan fingerprint density at radius 3 is 2.41 bits per heavy atom. The Balaban J connectivity index is 2.15. The van der Waals surface area contributed by atoms with E-state index in [2.05, 4.69) is 10.5 Å². The van der Waals surface area contributed by atoms with E-state index in [0.717, 1.165) is 10.6 Å². The van der Waals surface area contributed by atoms with Crippen molar-refractivity contribution in [3.8, 4) is 5.75 Å². The van der Waals surface area contributed by atoms with Gasteiger partial charge in [-0.3, -0.25) is 9.10 Å². The molecule has 0 bridgehead atoms. The first-order valence-electron chi connectivity index (χ1n) is 8.63. The zero-order valence-corrected chi connectivity index (χ0v) is 18.4. The smallest absolute Gasteiger partial charge is 0.263 e. The van der Waals surface area contributed by atoms with Crippen molar-refractivity contribution >= 4 is 51.0 Å². The molecule has 1 amide bonds. The van der Waals surface area contributed by atoms with E-state index in [1.54, 1.807) is 42.5 Å². The van der Waals surface area contributed by atoms with Gasteiger partial charge in [0.25, 0.3) is 5.91 Å². The topological polar surface area (TPSA) is 88.1 Å². The van der Waals surface area contributed by atoms with Crippen LogP contribution in [0.5, 0.6) is 5.75 Å². The molecular weight excluding hydrogens is 437 g/mol. The lowest BCUT2D eigenvalue weighted by atomic mass is 10.2. The number of ether oxygens (including phenoxy) is 1. The third-order valence-electron chi connectivity index (χ3n) is 3.82. The number of rotatable bonds is 8. The first kappa shape index (κ1) is 23.0. The van der Waals surface area contributed by atoms with Gasteiger partial charge in [-0.15, -0.1) is 0 Å². The predicted molar refractivity (Wildman–Crippen MR) is 117 cm³/mol. The Labute approximate surface area is 180 Å². The summed E-state index contributed by atoms with van der Waals surface area (Å²) in [5.74, 6) is 0.00801. The number of hydrazone groups is 1. The second-order valence-electron chi connectivity index (χ2n) is 6.07. The van der Waals surface area contributed by atoms with Gasteiger partial charge < -0.3 is 4.74 Å². The summed E-state index contributed by atoms with van der Waals surface area (Å²) in [4.78, 5) is 12.5. The summed E-state index contributed by atoms with van der Waals surface area (Å²) in [6.07, 6.45) is 2.42. The number of amides is 1. The largest absolute Gasteiger partial charge is 0.494 e. The molecule has 2 aromatic carbocycles. The van der Waals surface area contributed by atoms with Crippen LogP contribution in [0.1, 0.15) is 19.4 Å². The molecule has 0 unspecified atom stereocenters. The van der Waals surface area contributed by atoms with Crippen LogP contribution in [0.15, 0.2) is 47.6 Å². The first-order chi connectivity index (χ1) is 13.6. The molecule has 0 radical (unpaired) electrons. The van der Waals surface area contributed by atoms with Gasteiger partial charge in [0.1, 0.15) is 11.8 Å². The van der Waals surface area contributed by atoms with Crippen molar-refractivity contribution in [1.29, 1.82) is 0 Å². The number of carbonyl (C=O) groups is 1. The standard InChI is InChI=1S/C19H21Cl2N3O4S/c1-4-28-16-8-6-15(7-9-16)24(29(3,26)27)13(2)19(25)23-22-12-14-5-10-17(20)18(21)11-14/h5-13H,4H2,1-3H3,(H,23,25)/b22-12-/t13-/m0/s1. The van der Waals surface area contributed by atoms with Gasteiger partial charge in [0.2, 0.25) is 10.0 Å². The quantitative estimate of drug-likeness (QED) is 0.483. The van der Waals surface area contributed by atoms with Crippen molar-refractivity contribution in [1.82, 2.24) is 5.43 Å². The molecule has 0 saturated carbocycles. The molecule has 1 atom stereocenters. The summed E-state index contributed by atoms with van der Waals surface area (Å²) in [6.45, 7) is 3.81. The van der Waals surface area contributed by atoms with E-state index >= 15 is 0 Å². The summed E-state index contributed by atoms with van der Waals surface area (Å²) >= 11 is 11.8. The minimum atomic E-state index is -3.73. The average Bonchev–Trinajstić information content (AvgIpc) is 2.65. The number of sulfonamides is 1. The number of nitrogens with zero attached hydrogens (tertiary/aromatic N) is 2. The molecule has 0 aliphatic rings. The van der Waals surface area contributed by atoms with E-state index in [1.807, 2.05) is 6.92 Å². The lowest BCUT2D eigenvalue weighted by molar-refractivity contribution is -0.121. The number of hydrogen-bond acceptors (Lipinski definition) is 5. The third-order valence-corrected chi connectivity index (χ3v) is 5.80. The van der Waals surface area contributed by atoms with Crippen LogP contribution in [-0.2, 0) is 14.8 Å². The highest BCUT2D eigenvalue weighted by molar-refractivity contribution is 7.92. The summed E-state index contributed by atoms with van der Waals surface area (Å²) in [5, 5.41) is 4.62. The van der Waals surface area contributed by atoms with Crippen LogP contribution >= 0.6 is 23.2 Å². The van der Waals surface area contributed by atoms with Crippen molar-refractivity contribution < 1.29 is 17.9 Å². The fourth-order valence-electron chi connectivity index (χ4n) is 2.52. The zero-order valence-electron chi connectivity index (χ0n) is 16.1. The summed E-state index contributed by atoms with van der Waals surface area (Å²) in [6, 6.07) is 10.3. The molecular formula is C19H21Cl2N3O4S. The summed E-state index contributed by atoms with van der Waals surface area (Å²) in [7, 11) is -3.73. The van der Waals surface area contributed by atoms with Crippen LogP contribution < -0.4 is 14.5 Å². The van der Waals surface area contributed by atoms with Crippen LogP contribution in [-0.4, -0.2) is 39.4 Å². The minimum absolute atomic E-state index is 0.340. The molecule has 2 rings (SSSR count). The van der Waals surface area contributed by atoms with E-state index in [4.69, 9.17) is 27.9 Å². The molecule has 29 heavy (non-hydrogen) atoms. The predicted octanol–water partition coefficient (Wildman–Crippen LogP) is 3.70. The lowest BCUT2D eigenvalue weighted by Gasteiger charge is -2.27. The molecule has 0 fully saturated rings. The molecule has 10 heteroatoms. The normalized spacial score (nSPS) is 12.6. The van der Waals surface area contributed by atoms with E-state index in [-0.39, 0.29) is 0 Å². The first-order valence-corrected chi connectivity index (χ1v) is 11.2. The Kier molecular flexibility index (Phi) is 7.89. The van der Waals surface area contributed by atoms with Crippen molar-refractivity contribution in [2.45, 2.75) is 19.9 Å².